The highest BCUT2D eigenvalue weighted by molar-refractivity contribution is 7.07. The summed E-state index contributed by atoms with van der Waals surface area (Å²) in [5, 5.41) is 8.22. The number of aromatic amines is 1. The van der Waals surface area contributed by atoms with E-state index in [0.29, 0.717) is 11.4 Å². The van der Waals surface area contributed by atoms with Crippen molar-refractivity contribution in [3.8, 4) is 0 Å². The van der Waals surface area contributed by atoms with E-state index in [2.05, 4.69) is 15.4 Å². The maximum Gasteiger partial charge on any atom is 0.304 e. The van der Waals surface area contributed by atoms with Gasteiger partial charge in [-0.1, -0.05) is 11.3 Å². The van der Waals surface area contributed by atoms with E-state index in [1.165, 1.54) is 4.68 Å². The van der Waals surface area contributed by atoms with Gasteiger partial charge in [-0.25, -0.2) is 0 Å². The van der Waals surface area contributed by atoms with E-state index < -0.39 is 0 Å². The van der Waals surface area contributed by atoms with Gasteiger partial charge in [0.05, 0.1) is 12.2 Å². The van der Waals surface area contributed by atoms with Crippen LogP contribution in [0.1, 0.15) is 16.2 Å². The molecule has 4 N–H and O–H groups in total. The van der Waals surface area contributed by atoms with Crippen LogP contribution in [0.2, 0.25) is 0 Å². The molecule has 0 spiro atoms. The molecule has 0 atom stereocenters. The summed E-state index contributed by atoms with van der Waals surface area (Å²) in [5.74, 6) is -0.366. The highest BCUT2D eigenvalue weighted by Crippen LogP contribution is 2.07. The Kier molecular flexibility index (Phi) is 2.96. The van der Waals surface area contributed by atoms with Crippen molar-refractivity contribution >= 4 is 22.9 Å². The molecule has 17 heavy (non-hydrogen) atoms. The number of nitrogens with one attached hydrogen (secondary N) is 2. The number of amides is 1. The van der Waals surface area contributed by atoms with Crippen LogP contribution < -0.4 is 15.9 Å². The van der Waals surface area contributed by atoms with E-state index in [1.807, 2.05) is 0 Å². The fourth-order valence-electron chi connectivity index (χ4n) is 1.34. The van der Waals surface area contributed by atoms with Crippen molar-refractivity contribution in [2.75, 3.05) is 5.73 Å². The molecule has 2 aromatic rings. The third kappa shape index (κ3) is 2.53. The zero-order chi connectivity index (χ0) is 12.4. The summed E-state index contributed by atoms with van der Waals surface area (Å²) < 4.78 is 1.47. The predicted octanol–water partition coefficient (Wildman–Crippen LogP) is -0.318. The Balaban J connectivity index is 2.02. The molecule has 2 aromatic heterocycles. The molecule has 2 heterocycles. The van der Waals surface area contributed by atoms with Crippen LogP contribution in [0.25, 0.3) is 0 Å². The summed E-state index contributed by atoms with van der Waals surface area (Å²) in [7, 11) is 1.68. The highest BCUT2D eigenvalue weighted by Gasteiger charge is 2.13. The van der Waals surface area contributed by atoms with E-state index in [0.717, 1.165) is 11.3 Å². The molecule has 0 fully saturated rings. The molecule has 90 valence electrons. The Morgan fingerprint density at radius 1 is 1.71 bits per heavy atom. The minimum atomic E-state index is -0.366. The van der Waals surface area contributed by atoms with Gasteiger partial charge in [-0.15, -0.1) is 0 Å². The number of anilines is 1. The van der Waals surface area contributed by atoms with Crippen LogP contribution in [-0.4, -0.2) is 20.7 Å². The fourth-order valence-corrected chi connectivity index (χ4v) is 1.92. The zero-order valence-electron chi connectivity index (χ0n) is 9.06. The number of carbonyl (C=O) groups excluding carboxylic acids is 1. The normalized spacial score (nSPS) is 10.4. The second kappa shape index (κ2) is 4.42. The lowest BCUT2D eigenvalue weighted by molar-refractivity contribution is 0.0945. The number of H-pyrrole nitrogens is 1. The second-order valence-electron chi connectivity index (χ2n) is 3.46. The molecule has 0 unspecified atom stereocenters. The SMILES string of the molecule is Cn1cc(N)c(C(=O)NCc2csc(=O)[nH]2)n1. The second-order valence-corrected chi connectivity index (χ2v) is 4.30. The molecule has 0 aromatic carbocycles. The minimum absolute atomic E-state index is 0.147. The number of aryl methyl sites for hydroxylation is 1. The summed E-state index contributed by atoms with van der Waals surface area (Å²) in [5.41, 5.74) is 6.78. The maximum atomic E-state index is 11.7. The van der Waals surface area contributed by atoms with Crippen molar-refractivity contribution < 1.29 is 4.79 Å². The molecule has 8 heteroatoms. The fraction of sp³-hybridized carbons (Fsp3) is 0.222. The lowest BCUT2D eigenvalue weighted by Crippen LogP contribution is -2.24. The Morgan fingerprint density at radius 2 is 2.47 bits per heavy atom. The number of hydrogen-bond donors (Lipinski definition) is 3. The van der Waals surface area contributed by atoms with Crippen molar-refractivity contribution in [1.29, 1.82) is 0 Å². The summed E-state index contributed by atoms with van der Waals surface area (Å²) in [6.45, 7) is 0.244. The van der Waals surface area contributed by atoms with Crippen LogP contribution in [0.5, 0.6) is 0 Å². The molecule has 1 amide bonds. The highest BCUT2D eigenvalue weighted by atomic mass is 32.1. The van der Waals surface area contributed by atoms with Gasteiger partial charge in [-0.05, 0) is 0 Å². The van der Waals surface area contributed by atoms with Gasteiger partial charge in [-0.3, -0.25) is 14.3 Å². The minimum Gasteiger partial charge on any atom is -0.396 e. The number of nitrogens with two attached hydrogens (primary N) is 1. The van der Waals surface area contributed by atoms with Crippen LogP contribution in [0, 0.1) is 0 Å². The molecule has 0 saturated heterocycles. The van der Waals surface area contributed by atoms with Gasteiger partial charge in [0, 0.05) is 24.3 Å². The van der Waals surface area contributed by atoms with Gasteiger partial charge < -0.3 is 16.0 Å². The Labute approximate surface area is 100 Å². The summed E-state index contributed by atoms with van der Waals surface area (Å²) in [6, 6.07) is 0. The summed E-state index contributed by atoms with van der Waals surface area (Å²) in [4.78, 5) is 25.0. The molecule has 2 rings (SSSR count). The monoisotopic (exact) mass is 253 g/mol. The largest absolute Gasteiger partial charge is 0.396 e. The number of carbonyl (C=O) groups is 1. The van der Waals surface area contributed by atoms with Crippen LogP contribution in [0.4, 0.5) is 5.69 Å². The number of thiazole rings is 1. The molecule has 0 bridgehead atoms. The van der Waals surface area contributed by atoms with Crippen LogP contribution in [0.15, 0.2) is 16.4 Å². The maximum absolute atomic E-state index is 11.7. The van der Waals surface area contributed by atoms with Gasteiger partial charge in [0.2, 0.25) is 0 Å². The first-order valence-corrected chi connectivity index (χ1v) is 5.68. The average Bonchev–Trinajstić information content (AvgIpc) is 2.81. The van der Waals surface area contributed by atoms with E-state index in [4.69, 9.17) is 5.73 Å². The number of hydrogen-bond acceptors (Lipinski definition) is 5. The molecule has 0 radical (unpaired) electrons. The number of aromatic nitrogens is 3. The van der Waals surface area contributed by atoms with Gasteiger partial charge in [0.1, 0.15) is 0 Å². The molecule has 0 aliphatic carbocycles. The van der Waals surface area contributed by atoms with Gasteiger partial charge in [0.25, 0.3) is 5.91 Å². The summed E-state index contributed by atoms with van der Waals surface area (Å²) >= 11 is 1.05. The number of rotatable bonds is 3. The summed E-state index contributed by atoms with van der Waals surface area (Å²) in [6.07, 6.45) is 1.56. The molecule has 0 aliphatic heterocycles. The average molecular weight is 253 g/mol. The van der Waals surface area contributed by atoms with Crippen LogP contribution >= 0.6 is 11.3 Å². The Morgan fingerprint density at radius 3 is 3.00 bits per heavy atom. The van der Waals surface area contributed by atoms with Gasteiger partial charge >= 0.3 is 4.87 Å². The lowest BCUT2D eigenvalue weighted by atomic mass is 10.3. The molecular weight excluding hydrogens is 242 g/mol. The van der Waals surface area contributed by atoms with E-state index >= 15 is 0 Å². The predicted molar refractivity (Wildman–Crippen MR) is 63.7 cm³/mol. The molecular formula is C9H11N5O2S. The molecule has 7 nitrogen and oxygen atoms in total. The van der Waals surface area contributed by atoms with E-state index in [9.17, 15) is 9.59 Å². The van der Waals surface area contributed by atoms with Crippen molar-refractivity contribution in [2.45, 2.75) is 6.54 Å². The first kappa shape index (κ1) is 11.4. The third-order valence-corrected chi connectivity index (χ3v) is 2.80. The smallest absolute Gasteiger partial charge is 0.304 e. The lowest BCUT2D eigenvalue weighted by Gasteiger charge is -2.01. The van der Waals surface area contributed by atoms with Crippen molar-refractivity contribution in [2.24, 2.45) is 7.05 Å². The third-order valence-electron chi connectivity index (χ3n) is 2.08. The van der Waals surface area contributed by atoms with Crippen LogP contribution in [-0.2, 0) is 13.6 Å². The van der Waals surface area contributed by atoms with Gasteiger partial charge in [0.15, 0.2) is 5.69 Å². The first-order valence-electron chi connectivity index (χ1n) is 4.80. The zero-order valence-corrected chi connectivity index (χ0v) is 9.87. The van der Waals surface area contributed by atoms with Crippen molar-refractivity contribution in [3.63, 3.8) is 0 Å². The first-order chi connectivity index (χ1) is 8.06. The quantitative estimate of drug-likeness (QED) is 0.697. The molecule has 0 saturated carbocycles. The Hall–Kier alpha value is -2.09. The number of nitrogen functional groups attached to an aromatic ring is 1. The van der Waals surface area contributed by atoms with E-state index in [-0.39, 0.29) is 23.0 Å². The van der Waals surface area contributed by atoms with Crippen molar-refractivity contribution in [1.82, 2.24) is 20.1 Å². The topological polar surface area (TPSA) is 106 Å². The molecule has 0 aliphatic rings. The van der Waals surface area contributed by atoms with Gasteiger partial charge in [-0.2, -0.15) is 5.10 Å². The number of nitrogens with zero attached hydrogens (tertiary/aromatic N) is 2. The van der Waals surface area contributed by atoms with E-state index in [1.54, 1.807) is 18.6 Å². The standard InChI is InChI=1S/C9H11N5O2S/c1-14-3-6(10)7(13-14)8(15)11-2-5-4-17-9(16)12-5/h3-4H,2,10H2,1H3,(H,11,15)(H,12,16). The van der Waals surface area contributed by atoms with Crippen LogP contribution in [0.3, 0.4) is 0 Å². The Bertz CT molecular complexity index is 597. The van der Waals surface area contributed by atoms with Crippen molar-refractivity contribution in [3.05, 3.63) is 32.6 Å².